The van der Waals surface area contributed by atoms with Crippen LogP contribution in [0.2, 0.25) is 0 Å². The van der Waals surface area contributed by atoms with E-state index in [1.54, 1.807) is 0 Å². The summed E-state index contributed by atoms with van der Waals surface area (Å²) in [4.78, 5) is 19.3. The Hall–Kier alpha value is -3.22. The summed E-state index contributed by atoms with van der Waals surface area (Å²) in [5, 5.41) is 3.02. The van der Waals surface area contributed by atoms with Gasteiger partial charge in [0.25, 0.3) is 6.01 Å². The molecule has 2 aliphatic rings. The first-order chi connectivity index (χ1) is 13.3. The molecule has 2 aliphatic heterocycles. The number of anilines is 1. The predicted molar refractivity (Wildman–Crippen MR) is 98.8 cm³/mol. The van der Waals surface area contributed by atoms with Gasteiger partial charge in [-0.3, -0.25) is 4.79 Å². The van der Waals surface area contributed by atoms with Gasteiger partial charge in [-0.1, -0.05) is 18.2 Å². The maximum absolute atomic E-state index is 12.8. The van der Waals surface area contributed by atoms with Crippen molar-refractivity contribution in [2.75, 3.05) is 18.2 Å². The number of ether oxygens (including phenoxy) is 2. The van der Waals surface area contributed by atoms with Crippen molar-refractivity contribution in [3.63, 3.8) is 0 Å². The first-order valence-corrected chi connectivity index (χ1v) is 9.06. The summed E-state index contributed by atoms with van der Waals surface area (Å²) in [5.41, 5.74) is 2.51. The minimum absolute atomic E-state index is 0.0209. The lowest BCUT2D eigenvalue weighted by molar-refractivity contribution is -0.122. The number of oxazole rings is 1. The molecule has 7 nitrogen and oxygen atoms in total. The summed E-state index contributed by atoms with van der Waals surface area (Å²) in [6, 6.07) is 13.6. The summed E-state index contributed by atoms with van der Waals surface area (Å²) in [5.74, 6) is 1.44. The monoisotopic (exact) mass is 365 g/mol. The topological polar surface area (TPSA) is 76.8 Å². The molecule has 1 saturated heterocycles. The minimum Gasteiger partial charge on any atom is -0.454 e. The van der Waals surface area contributed by atoms with E-state index in [0.29, 0.717) is 12.6 Å². The number of fused-ring (bicyclic) bond motifs is 2. The molecule has 0 saturated carbocycles. The van der Waals surface area contributed by atoms with Crippen molar-refractivity contribution in [2.24, 2.45) is 0 Å². The fourth-order valence-electron chi connectivity index (χ4n) is 3.61. The van der Waals surface area contributed by atoms with Crippen molar-refractivity contribution >= 4 is 23.0 Å². The van der Waals surface area contributed by atoms with Gasteiger partial charge in [0.05, 0.1) is 0 Å². The molecule has 7 heteroatoms. The molecule has 1 N–H and O–H groups in total. The largest absolute Gasteiger partial charge is 0.454 e. The van der Waals surface area contributed by atoms with E-state index in [0.717, 1.165) is 47.5 Å². The average molecular weight is 365 g/mol. The van der Waals surface area contributed by atoms with E-state index in [1.165, 1.54) is 0 Å². The van der Waals surface area contributed by atoms with Gasteiger partial charge in [-0.05, 0) is 42.7 Å². The minimum atomic E-state index is -0.271. The molecule has 1 atom stereocenters. The van der Waals surface area contributed by atoms with Gasteiger partial charge >= 0.3 is 0 Å². The van der Waals surface area contributed by atoms with Gasteiger partial charge in [0.2, 0.25) is 12.7 Å². The van der Waals surface area contributed by atoms with Crippen LogP contribution in [0.3, 0.4) is 0 Å². The van der Waals surface area contributed by atoms with Crippen LogP contribution in [0, 0.1) is 0 Å². The van der Waals surface area contributed by atoms with E-state index >= 15 is 0 Å². The Morgan fingerprint density at radius 1 is 1.19 bits per heavy atom. The maximum Gasteiger partial charge on any atom is 0.299 e. The first kappa shape index (κ1) is 16.0. The van der Waals surface area contributed by atoms with Crippen LogP contribution in [0.4, 0.5) is 6.01 Å². The van der Waals surface area contributed by atoms with Gasteiger partial charge in [0, 0.05) is 13.1 Å². The molecule has 0 unspecified atom stereocenters. The highest BCUT2D eigenvalue weighted by Gasteiger charge is 2.33. The molecule has 27 heavy (non-hydrogen) atoms. The number of hydrogen-bond donors (Lipinski definition) is 1. The number of aromatic nitrogens is 1. The second-order valence-electron chi connectivity index (χ2n) is 6.72. The Balaban J connectivity index is 1.29. The summed E-state index contributed by atoms with van der Waals surface area (Å²) >= 11 is 0. The second kappa shape index (κ2) is 6.50. The quantitative estimate of drug-likeness (QED) is 0.766. The number of carbonyl (C=O) groups is 1. The van der Waals surface area contributed by atoms with Gasteiger partial charge in [-0.2, -0.15) is 4.98 Å². The molecule has 0 spiro atoms. The second-order valence-corrected chi connectivity index (χ2v) is 6.72. The van der Waals surface area contributed by atoms with Crippen molar-refractivity contribution in [3.05, 3.63) is 48.0 Å². The lowest BCUT2D eigenvalue weighted by Crippen LogP contribution is -2.43. The van der Waals surface area contributed by atoms with E-state index in [9.17, 15) is 4.79 Å². The number of rotatable bonds is 4. The van der Waals surface area contributed by atoms with Crippen LogP contribution in [-0.2, 0) is 11.3 Å². The highest BCUT2D eigenvalue weighted by molar-refractivity contribution is 5.85. The van der Waals surface area contributed by atoms with Gasteiger partial charge < -0.3 is 24.1 Å². The van der Waals surface area contributed by atoms with Crippen molar-refractivity contribution in [1.82, 2.24) is 10.3 Å². The molecular formula is C20H19N3O4. The third-order valence-corrected chi connectivity index (χ3v) is 4.99. The zero-order valence-corrected chi connectivity index (χ0v) is 14.7. The van der Waals surface area contributed by atoms with Gasteiger partial charge in [-0.25, -0.2) is 0 Å². The molecule has 0 radical (unpaired) electrons. The number of nitrogens with one attached hydrogen (secondary N) is 1. The molecule has 1 aromatic heterocycles. The zero-order valence-electron chi connectivity index (χ0n) is 14.7. The number of hydrogen-bond acceptors (Lipinski definition) is 6. The van der Waals surface area contributed by atoms with Crippen molar-refractivity contribution in [1.29, 1.82) is 0 Å². The number of benzene rings is 2. The molecule has 1 fully saturated rings. The fraction of sp³-hybridized carbons (Fsp3) is 0.300. The van der Waals surface area contributed by atoms with Crippen molar-refractivity contribution in [2.45, 2.75) is 25.4 Å². The molecule has 0 bridgehead atoms. The summed E-state index contributed by atoms with van der Waals surface area (Å²) in [6.45, 7) is 1.44. The molecule has 5 rings (SSSR count). The Labute approximate surface area is 155 Å². The summed E-state index contributed by atoms with van der Waals surface area (Å²) < 4.78 is 16.6. The molecule has 1 amide bonds. The average Bonchev–Trinajstić information content (AvgIpc) is 3.43. The van der Waals surface area contributed by atoms with E-state index < -0.39 is 0 Å². The highest BCUT2D eigenvalue weighted by Crippen LogP contribution is 2.32. The van der Waals surface area contributed by atoms with Crippen molar-refractivity contribution in [3.8, 4) is 11.5 Å². The first-order valence-electron chi connectivity index (χ1n) is 9.06. The van der Waals surface area contributed by atoms with Crippen LogP contribution < -0.4 is 19.7 Å². The molecule has 3 aromatic rings. The van der Waals surface area contributed by atoms with Crippen LogP contribution in [0.1, 0.15) is 18.4 Å². The summed E-state index contributed by atoms with van der Waals surface area (Å²) in [7, 11) is 0. The third-order valence-electron chi connectivity index (χ3n) is 4.99. The Morgan fingerprint density at radius 3 is 3.00 bits per heavy atom. The van der Waals surface area contributed by atoms with E-state index in [-0.39, 0.29) is 18.7 Å². The predicted octanol–water partition coefficient (Wildman–Crippen LogP) is 2.84. The SMILES string of the molecule is O=C(NCc1ccc2c(c1)OCO2)[C@@H]1CCCN1c1nc2ccccc2o1. The van der Waals surface area contributed by atoms with Crippen LogP contribution in [0.5, 0.6) is 11.5 Å². The molecule has 138 valence electrons. The highest BCUT2D eigenvalue weighted by atomic mass is 16.7. The van der Waals surface area contributed by atoms with Crippen LogP contribution in [-0.4, -0.2) is 30.3 Å². The van der Waals surface area contributed by atoms with Gasteiger partial charge in [0.1, 0.15) is 11.6 Å². The number of para-hydroxylation sites is 2. The van der Waals surface area contributed by atoms with Crippen LogP contribution in [0.25, 0.3) is 11.1 Å². The molecular weight excluding hydrogens is 346 g/mol. The third kappa shape index (κ3) is 2.95. The normalized spacial score (nSPS) is 18.2. The summed E-state index contributed by atoms with van der Waals surface area (Å²) in [6.07, 6.45) is 1.71. The lowest BCUT2D eigenvalue weighted by atomic mass is 10.1. The zero-order chi connectivity index (χ0) is 18.2. The van der Waals surface area contributed by atoms with Gasteiger partial charge in [0.15, 0.2) is 17.1 Å². The van der Waals surface area contributed by atoms with Crippen LogP contribution in [0.15, 0.2) is 46.9 Å². The lowest BCUT2D eigenvalue weighted by Gasteiger charge is -2.22. The number of carbonyl (C=O) groups excluding carboxylic acids is 1. The number of nitrogens with zero attached hydrogens (tertiary/aromatic N) is 2. The van der Waals surface area contributed by atoms with E-state index in [4.69, 9.17) is 13.9 Å². The van der Waals surface area contributed by atoms with E-state index in [2.05, 4.69) is 10.3 Å². The standard InChI is InChI=1S/C20H19N3O4/c24-19(21-11-13-7-8-17-18(10-13)26-12-25-17)15-5-3-9-23(15)20-22-14-4-1-2-6-16(14)27-20/h1-2,4,6-8,10,15H,3,5,9,11-12H2,(H,21,24)/t15-/m0/s1. The number of amides is 1. The van der Waals surface area contributed by atoms with Gasteiger partial charge in [-0.15, -0.1) is 0 Å². The van der Waals surface area contributed by atoms with Crippen LogP contribution >= 0.6 is 0 Å². The van der Waals surface area contributed by atoms with E-state index in [1.807, 2.05) is 47.4 Å². The molecule has 0 aliphatic carbocycles. The molecule has 2 aromatic carbocycles. The fourth-order valence-corrected chi connectivity index (χ4v) is 3.61. The Kier molecular flexibility index (Phi) is 3.85. The smallest absolute Gasteiger partial charge is 0.299 e. The Morgan fingerprint density at radius 2 is 2.07 bits per heavy atom. The Bertz CT molecular complexity index is 967. The molecule has 3 heterocycles. The maximum atomic E-state index is 12.8. The van der Waals surface area contributed by atoms with Crippen molar-refractivity contribution < 1.29 is 18.7 Å².